The van der Waals surface area contributed by atoms with Crippen LogP contribution in [0.1, 0.15) is 33.6 Å². The Labute approximate surface area is 81.3 Å². The van der Waals surface area contributed by atoms with E-state index >= 15 is 0 Å². The van der Waals surface area contributed by atoms with Gasteiger partial charge in [-0.1, -0.05) is 20.8 Å². The summed E-state index contributed by atoms with van der Waals surface area (Å²) >= 11 is 0. The average Bonchev–Trinajstić information content (AvgIpc) is 2.02. The minimum Gasteiger partial charge on any atom is -0.356 e. The molecule has 0 saturated carbocycles. The van der Waals surface area contributed by atoms with Crippen molar-refractivity contribution in [2.24, 2.45) is 5.41 Å². The van der Waals surface area contributed by atoms with Crippen molar-refractivity contribution in [2.45, 2.75) is 33.6 Å². The molecule has 0 aliphatic heterocycles. The molecule has 13 heavy (non-hydrogen) atoms. The molecule has 2 N–H and O–H groups in total. The van der Waals surface area contributed by atoms with Gasteiger partial charge in [0, 0.05) is 19.5 Å². The van der Waals surface area contributed by atoms with Crippen molar-refractivity contribution >= 4 is 5.91 Å². The highest BCUT2D eigenvalue weighted by molar-refractivity contribution is 5.75. The molecule has 0 radical (unpaired) electrons. The maximum Gasteiger partial charge on any atom is 0.220 e. The number of hydrogen-bond acceptors (Lipinski definition) is 2. The molecular weight excluding hydrogens is 164 g/mol. The molecule has 0 aromatic carbocycles. The summed E-state index contributed by atoms with van der Waals surface area (Å²) in [5, 5.41) is 6.04. The Kier molecular flexibility index (Phi) is 5.71. The standard InChI is InChI=1S/C10H22N2O/c1-5-6-9(13)12-8-10(2,3)7-11-4/h11H,5-8H2,1-4H3,(H,12,13). The Hall–Kier alpha value is -0.570. The van der Waals surface area contributed by atoms with E-state index in [4.69, 9.17) is 0 Å². The summed E-state index contributed by atoms with van der Waals surface area (Å²) in [5.74, 6) is 0.159. The number of rotatable bonds is 6. The van der Waals surface area contributed by atoms with E-state index in [1.165, 1.54) is 0 Å². The smallest absolute Gasteiger partial charge is 0.220 e. The van der Waals surface area contributed by atoms with Gasteiger partial charge >= 0.3 is 0 Å². The maximum absolute atomic E-state index is 11.2. The van der Waals surface area contributed by atoms with Crippen molar-refractivity contribution in [3.8, 4) is 0 Å². The summed E-state index contributed by atoms with van der Waals surface area (Å²) in [6.45, 7) is 7.94. The first-order valence-corrected chi connectivity index (χ1v) is 4.93. The Balaban J connectivity index is 3.67. The van der Waals surface area contributed by atoms with Crippen LogP contribution in [-0.2, 0) is 4.79 Å². The van der Waals surface area contributed by atoms with E-state index < -0.39 is 0 Å². The zero-order chi connectivity index (χ0) is 10.3. The first kappa shape index (κ1) is 12.4. The van der Waals surface area contributed by atoms with Gasteiger partial charge in [0.1, 0.15) is 0 Å². The van der Waals surface area contributed by atoms with Gasteiger partial charge in [-0.25, -0.2) is 0 Å². The molecule has 1 amide bonds. The van der Waals surface area contributed by atoms with Gasteiger partial charge in [0.15, 0.2) is 0 Å². The molecule has 0 aliphatic rings. The number of hydrogen-bond donors (Lipinski definition) is 2. The molecular formula is C10H22N2O. The van der Waals surface area contributed by atoms with Crippen molar-refractivity contribution < 1.29 is 4.79 Å². The highest BCUT2D eigenvalue weighted by Gasteiger charge is 2.17. The number of carbonyl (C=O) groups is 1. The van der Waals surface area contributed by atoms with Gasteiger partial charge in [-0.2, -0.15) is 0 Å². The maximum atomic E-state index is 11.2. The second-order valence-electron chi connectivity index (χ2n) is 4.22. The van der Waals surface area contributed by atoms with Crippen LogP contribution < -0.4 is 10.6 Å². The molecule has 0 atom stereocenters. The Morgan fingerprint density at radius 3 is 2.38 bits per heavy atom. The molecule has 0 bridgehead atoms. The van der Waals surface area contributed by atoms with E-state index in [-0.39, 0.29) is 11.3 Å². The van der Waals surface area contributed by atoms with Gasteiger partial charge < -0.3 is 10.6 Å². The lowest BCUT2D eigenvalue weighted by Gasteiger charge is -2.24. The lowest BCUT2D eigenvalue weighted by Crippen LogP contribution is -2.39. The zero-order valence-corrected chi connectivity index (χ0v) is 9.24. The van der Waals surface area contributed by atoms with E-state index in [0.717, 1.165) is 19.5 Å². The number of nitrogens with one attached hydrogen (secondary N) is 2. The predicted octanol–water partition coefficient (Wildman–Crippen LogP) is 1.15. The van der Waals surface area contributed by atoms with Crippen LogP contribution in [0, 0.1) is 5.41 Å². The Morgan fingerprint density at radius 1 is 1.31 bits per heavy atom. The van der Waals surface area contributed by atoms with Gasteiger partial charge in [-0.3, -0.25) is 4.79 Å². The van der Waals surface area contributed by atoms with Crippen molar-refractivity contribution in [1.29, 1.82) is 0 Å². The normalized spacial score (nSPS) is 11.4. The quantitative estimate of drug-likeness (QED) is 0.653. The van der Waals surface area contributed by atoms with Gasteiger partial charge in [0.05, 0.1) is 0 Å². The second-order valence-corrected chi connectivity index (χ2v) is 4.22. The second kappa shape index (κ2) is 5.97. The minimum atomic E-state index is 0.137. The van der Waals surface area contributed by atoms with Crippen molar-refractivity contribution in [1.82, 2.24) is 10.6 Å². The average molecular weight is 186 g/mol. The molecule has 3 heteroatoms. The third-order valence-corrected chi connectivity index (χ3v) is 1.90. The van der Waals surface area contributed by atoms with E-state index in [1.54, 1.807) is 0 Å². The van der Waals surface area contributed by atoms with Gasteiger partial charge in [-0.05, 0) is 18.9 Å². The summed E-state index contributed by atoms with van der Waals surface area (Å²) in [7, 11) is 1.93. The van der Waals surface area contributed by atoms with E-state index in [0.29, 0.717) is 6.42 Å². The Bertz CT molecular complexity index is 155. The van der Waals surface area contributed by atoms with Crippen LogP contribution in [0.25, 0.3) is 0 Å². The molecule has 0 aromatic rings. The van der Waals surface area contributed by atoms with Crippen molar-refractivity contribution in [2.75, 3.05) is 20.1 Å². The van der Waals surface area contributed by atoms with E-state index in [1.807, 2.05) is 14.0 Å². The molecule has 0 heterocycles. The molecule has 3 nitrogen and oxygen atoms in total. The third-order valence-electron chi connectivity index (χ3n) is 1.90. The fourth-order valence-corrected chi connectivity index (χ4v) is 1.19. The van der Waals surface area contributed by atoms with Crippen LogP contribution in [0.15, 0.2) is 0 Å². The molecule has 0 aliphatic carbocycles. The monoisotopic (exact) mass is 186 g/mol. The summed E-state index contributed by atoms with van der Waals surface area (Å²) in [6.07, 6.45) is 1.55. The van der Waals surface area contributed by atoms with Crippen LogP contribution >= 0.6 is 0 Å². The topological polar surface area (TPSA) is 41.1 Å². The zero-order valence-electron chi connectivity index (χ0n) is 9.24. The first-order valence-electron chi connectivity index (χ1n) is 4.93. The van der Waals surface area contributed by atoms with Gasteiger partial charge in [0.25, 0.3) is 0 Å². The summed E-state index contributed by atoms with van der Waals surface area (Å²) in [4.78, 5) is 11.2. The highest BCUT2D eigenvalue weighted by Crippen LogP contribution is 2.11. The van der Waals surface area contributed by atoms with E-state index in [2.05, 4.69) is 24.5 Å². The molecule has 0 aromatic heterocycles. The highest BCUT2D eigenvalue weighted by atomic mass is 16.1. The predicted molar refractivity (Wildman–Crippen MR) is 55.6 cm³/mol. The van der Waals surface area contributed by atoms with Crippen LogP contribution in [0.3, 0.4) is 0 Å². The SMILES string of the molecule is CCCC(=O)NCC(C)(C)CNC. The third kappa shape index (κ3) is 6.58. The van der Waals surface area contributed by atoms with Gasteiger partial charge in [-0.15, -0.1) is 0 Å². The molecule has 0 rings (SSSR count). The number of amides is 1. The molecule has 0 unspecified atom stereocenters. The lowest BCUT2D eigenvalue weighted by atomic mass is 9.93. The van der Waals surface area contributed by atoms with Gasteiger partial charge in [0.2, 0.25) is 5.91 Å². The lowest BCUT2D eigenvalue weighted by molar-refractivity contribution is -0.121. The summed E-state index contributed by atoms with van der Waals surface area (Å²) < 4.78 is 0. The summed E-state index contributed by atoms with van der Waals surface area (Å²) in [6, 6.07) is 0. The minimum absolute atomic E-state index is 0.137. The molecule has 0 fully saturated rings. The van der Waals surface area contributed by atoms with Crippen LogP contribution in [-0.4, -0.2) is 26.0 Å². The van der Waals surface area contributed by atoms with Crippen LogP contribution in [0.5, 0.6) is 0 Å². The largest absolute Gasteiger partial charge is 0.356 e. The number of carbonyl (C=O) groups excluding carboxylic acids is 1. The van der Waals surface area contributed by atoms with Crippen molar-refractivity contribution in [3.05, 3.63) is 0 Å². The first-order chi connectivity index (χ1) is 6.02. The molecule has 78 valence electrons. The van der Waals surface area contributed by atoms with Crippen LogP contribution in [0.2, 0.25) is 0 Å². The molecule has 0 saturated heterocycles. The Morgan fingerprint density at radius 2 is 1.92 bits per heavy atom. The van der Waals surface area contributed by atoms with Crippen LogP contribution in [0.4, 0.5) is 0 Å². The molecule has 0 spiro atoms. The fraction of sp³-hybridized carbons (Fsp3) is 0.900. The van der Waals surface area contributed by atoms with E-state index in [9.17, 15) is 4.79 Å². The summed E-state index contributed by atoms with van der Waals surface area (Å²) in [5.41, 5.74) is 0.137. The fourth-order valence-electron chi connectivity index (χ4n) is 1.19. The van der Waals surface area contributed by atoms with Crippen molar-refractivity contribution in [3.63, 3.8) is 0 Å².